The molecule has 144 valence electrons. The molecule has 0 spiro atoms. The summed E-state index contributed by atoms with van der Waals surface area (Å²) in [4.78, 5) is 29.9. The first-order valence-corrected chi connectivity index (χ1v) is 10.5. The van der Waals surface area contributed by atoms with Crippen LogP contribution in [0.15, 0.2) is 59.8 Å². The molecule has 4 rings (SSSR count). The molecule has 3 atom stereocenters. The maximum Gasteiger partial charge on any atom is 0.257 e. The summed E-state index contributed by atoms with van der Waals surface area (Å²) in [6, 6.07) is 13.8. The number of hydrogen-bond donors (Lipinski definition) is 2. The average Bonchev–Trinajstić information content (AvgIpc) is 2.74. The second-order valence-electron chi connectivity index (χ2n) is 7.24. The number of thioether (sulfide) groups is 1. The van der Waals surface area contributed by atoms with Crippen molar-refractivity contribution in [1.82, 2.24) is 15.6 Å². The zero-order valence-corrected chi connectivity index (χ0v) is 16.3. The lowest BCUT2D eigenvalue weighted by atomic mass is 9.84. The van der Waals surface area contributed by atoms with Crippen molar-refractivity contribution in [3.8, 4) is 0 Å². The Morgan fingerprint density at radius 3 is 2.86 bits per heavy atom. The van der Waals surface area contributed by atoms with Crippen molar-refractivity contribution in [2.45, 2.75) is 37.1 Å². The fourth-order valence-corrected chi connectivity index (χ4v) is 5.06. The van der Waals surface area contributed by atoms with E-state index in [-0.39, 0.29) is 23.8 Å². The minimum absolute atomic E-state index is 0.0356. The number of hydrogen-bond acceptors (Lipinski definition) is 4. The van der Waals surface area contributed by atoms with Crippen molar-refractivity contribution in [3.63, 3.8) is 0 Å². The van der Waals surface area contributed by atoms with Crippen LogP contribution in [-0.2, 0) is 16.1 Å². The summed E-state index contributed by atoms with van der Waals surface area (Å²) in [5, 5.41) is 6.46. The van der Waals surface area contributed by atoms with E-state index in [1.807, 2.05) is 48.5 Å². The molecule has 2 N–H and O–H groups in total. The second kappa shape index (κ2) is 8.61. The van der Waals surface area contributed by atoms with Gasteiger partial charge < -0.3 is 10.6 Å². The van der Waals surface area contributed by atoms with Crippen LogP contribution < -0.4 is 10.6 Å². The van der Waals surface area contributed by atoms with Crippen molar-refractivity contribution < 1.29 is 9.59 Å². The molecular formula is C22H23N3O2S. The van der Waals surface area contributed by atoms with Gasteiger partial charge in [0.1, 0.15) is 0 Å². The van der Waals surface area contributed by atoms with Gasteiger partial charge in [-0.25, -0.2) is 0 Å². The number of carbonyl (C=O) groups excluding carboxylic acids is 2. The first-order chi connectivity index (χ1) is 13.7. The smallest absolute Gasteiger partial charge is 0.257 e. The Labute approximate surface area is 169 Å². The van der Waals surface area contributed by atoms with E-state index < -0.39 is 0 Å². The van der Waals surface area contributed by atoms with E-state index in [0.29, 0.717) is 18.2 Å². The van der Waals surface area contributed by atoms with Crippen LogP contribution in [0.5, 0.6) is 0 Å². The maximum atomic E-state index is 12.6. The van der Waals surface area contributed by atoms with E-state index >= 15 is 0 Å². The third-order valence-corrected chi connectivity index (χ3v) is 6.69. The minimum Gasteiger partial charge on any atom is -0.352 e. The van der Waals surface area contributed by atoms with E-state index in [0.717, 1.165) is 28.9 Å². The highest BCUT2D eigenvalue weighted by Gasteiger charge is 2.39. The van der Waals surface area contributed by atoms with Crippen molar-refractivity contribution in [1.29, 1.82) is 0 Å². The number of amides is 2. The number of nitrogens with one attached hydrogen (secondary N) is 2. The Kier molecular flexibility index (Phi) is 5.76. The lowest BCUT2D eigenvalue weighted by Crippen LogP contribution is -2.51. The van der Waals surface area contributed by atoms with Gasteiger partial charge in [-0.2, -0.15) is 0 Å². The van der Waals surface area contributed by atoms with Gasteiger partial charge in [0, 0.05) is 36.1 Å². The van der Waals surface area contributed by atoms with Gasteiger partial charge in [0.05, 0.1) is 4.91 Å². The molecule has 2 amide bonds. The zero-order valence-electron chi connectivity index (χ0n) is 15.5. The Morgan fingerprint density at radius 1 is 1.21 bits per heavy atom. The van der Waals surface area contributed by atoms with Gasteiger partial charge in [-0.05, 0) is 42.5 Å². The van der Waals surface area contributed by atoms with Crippen molar-refractivity contribution in [3.05, 3.63) is 70.9 Å². The normalized spacial score (nSPS) is 25.6. The number of aromatic nitrogens is 1. The molecule has 2 aromatic rings. The SMILES string of the molecule is O=C1NC2CC(C(=O)NCc3cccnc3)CCC2S/C1=C\c1ccccc1. The van der Waals surface area contributed by atoms with Gasteiger partial charge in [0.25, 0.3) is 5.91 Å². The molecule has 0 radical (unpaired) electrons. The number of fused-ring (bicyclic) bond motifs is 1. The standard InChI is InChI=1S/C22H23N3O2S/c26-21(24-14-16-7-4-10-23-13-16)17-8-9-19-18(12-17)25-22(27)20(28-19)11-15-5-2-1-3-6-15/h1-7,10-11,13,17-19H,8-9,12,14H2,(H,24,26)(H,25,27)/b20-11-. The van der Waals surface area contributed by atoms with Crippen LogP contribution in [0.1, 0.15) is 30.4 Å². The van der Waals surface area contributed by atoms with Gasteiger partial charge in [-0.15, -0.1) is 11.8 Å². The van der Waals surface area contributed by atoms with Crippen molar-refractivity contribution in [2.75, 3.05) is 0 Å². The Bertz CT molecular complexity index is 870. The van der Waals surface area contributed by atoms with Crippen LogP contribution in [0.4, 0.5) is 0 Å². The minimum atomic E-state index is -0.0570. The molecule has 1 aromatic heterocycles. The largest absolute Gasteiger partial charge is 0.352 e. The summed E-state index contributed by atoms with van der Waals surface area (Å²) in [7, 11) is 0. The fraction of sp³-hybridized carbons (Fsp3) is 0.318. The molecule has 1 aliphatic heterocycles. The highest BCUT2D eigenvalue weighted by Crippen LogP contribution is 2.39. The van der Waals surface area contributed by atoms with Crippen LogP contribution >= 0.6 is 11.8 Å². The lowest BCUT2D eigenvalue weighted by Gasteiger charge is -2.39. The molecule has 1 aromatic carbocycles. The summed E-state index contributed by atoms with van der Waals surface area (Å²) in [5.41, 5.74) is 2.02. The summed E-state index contributed by atoms with van der Waals surface area (Å²) >= 11 is 1.65. The van der Waals surface area contributed by atoms with E-state index in [1.54, 1.807) is 24.2 Å². The molecule has 2 aliphatic rings. The van der Waals surface area contributed by atoms with E-state index in [9.17, 15) is 9.59 Å². The molecule has 1 saturated carbocycles. The fourth-order valence-electron chi connectivity index (χ4n) is 3.77. The first kappa shape index (κ1) is 18.7. The van der Waals surface area contributed by atoms with Gasteiger partial charge >= 0.3 is 0 Å². The van der Waals surface area contributed by atoms with Gasteiger partial charge in [-0.1, -0.05) is 36.4 Å². The highest BCUT2D eigenvalue weighted by molar-refractivity contribution is 8.04. The summed E-state index contributed by atoms with van der Waals surface area (Å²) in [6.45, 7) is 0.488. The molecule has 2 fully saturated rings. The molecular weight excluding hydrogens is 370 g/mol. The molecule has 1 aliphatic carbocycles. The molecule has 3 unspecified atom stereocenters. The molecule has 0 bridgehead atoms. The van der Waals surface area contributed by atoms with Crippen LogP contribution in [0.25, 0.3) is 6.08 Å². The number of nitrogens with zero attached hydrogens (tertiary/aromatic N) is 1. The van der Waals surface area contributed by atoms with Gasteiger partial charge in [0.15, 0.2) is 0 Å². The quantitative estimate of drug-likeness (QED) is 0.783. The van der Waals surface area contributed by atoms with Crippen LogP contribution in [-0.4, -0.2) is 28.1 Å². The number of carbonyl (C=O) groups is 2. The van der Waals surface area contributed by atoms with Crippen LogP contribution in [0.2, 0.25) is 0 Å². The third-order valence-electron chi connectivity index (χ3n) is 5.26. The third kappa shape index (κ3) is 4.44. The summed E-state index contributed by atoms with van der Waals surface area (Å²) in [6.07, 6.45) is 7.89. The lowest BCUT2D eigenvalue weighted by molar-refractivity contribution is -0.127. The van der Waals surface area contributed by atoms with Crippen molar-refractivity contribution >= 4 is 29.7 Å². The monoisotopic (exact) mass is 393 g/mol. The highest BCUT2D eigenvalue weighted by atomic mass is 32.2. The maximum absolute atomic E-state index is 12.6. The summed E-state index contributed by atoms with van der Waals surface area (Å²) in [5.74, 6) is -0.0304. The van der Waals surface area contributed by atoms with E-state index in [2.05, 4.69) is 15.6 Å². The predicted molar refractivity (Wildman–Crippen MR) is 111 cm³/mol. The Morgan fingerprint density at radius 2 is 2.07 bits per heavy atom. The van der Waals surface area contributed by atoms with Crippen molar-refractivity contribution in [2.24, 2.45) is 5.92 Å². The molecule has 1 saturated heterocycles. The number of pyridine rings is 1. The van der Waals surface area contributed by atoms with Gasteiger partial charge in [-0.3, -0.25) is 14.6 Å². The second-order valence-corrected chi connectivity index (χ2v) is 8.53. The zero-order chi connectivity index (χ0) is 19.3. The number of rotatable bonds is 4. The average molecular weight is 394 g/mol. The molecule has 2 heterocycles. The molecule has 6 heteroatoms. The topological polar surface area (TPSA) is 71.1 Å². The number of benzene rings is 1. The van der Waals surface area contributed by atoms with Crippen LogP contribution in [0, 0.1) is 5.92 Å². The Balaban J connectivity index is 1.35. The van der Waals surface area contributed by atoms with E-state index in [4.69, 9.17) is 0 Å². The Hall–Kier alpha value is -2.60. The summed E-state index contributed by atoms with van der Waals surface area (Å²) < 4.78 is 0. The van der Waals surface area contributed by atoms with Gasteiger partial charge in [0.2, 0.25) is 5.91 Å². The van der Waals surface area contributed by atoms with E-state index in [1.165, 1.54) is 0 Å². The van der Waals surface area contributed by atoms with Crippen LogP contribution in [0.3, 0.4) is 0 Å². The first-order valence-electron chi connectivity index (χ1n) is 9.60. The predicted octanol–water partition coefficient (Wildman–Crippen LogP) is 3.14. The molecule has 5 nitrogen and oxygen atoms in total. The molecule has 28 heavy (non-hydrogen) atoms.